The average Bonchev–Trinajstić information content (AvgIpc) is 2.53. The number of piperazine rings is 1. The second-order valence-electron chi connectivity index (χ2n) is 9.50. The SMILES string of the molecule is CN1CCN(CC(O)COCCC23CC4CC(CC(C4)C2)C3)CC1.[Cl-].[Cl-]. The monoisotopic (exact) mass is 406 g/mol. The van der Waals surface area contributed by atoms with Gasteiger partial charge in [0.2, 0.25) is 0 Å². The van der Waals surface area contributed by atoms with Crippen LogP contribution in [0.3, 0.4) is 0 Å². The number of likely N-dealkylation sites (N-methyl/N-ethyl adjacent to an activating group) is 1. The number of β-amino-alcohol motifs (C(OH)–C–C–N with tert-alkyl or cyclic N) is 1. The van der Waals surface area contributed by atoms with E-state index in [1.54, 1.807) is 0 Å². The van der Waals surface area contributed by atoms with Crippen LogP contribution in [0.4, 0.5) is 0 Å². The number of halogens is 2. The van der Waals surface area contributed by atoms with Crippen LogP contribution in [0.25, 0.3) is 0 Å². The molecule has 154 valence electrons. The van der Waals surface area contributed by atoms with Crippen LogP contribution in [0.15, 0.2) is 0 Å². The third-order valence-corrected chi connectivity index (χ3v) is 7.32. The molecule has 1 aliphatic heterocycles. The molecule has 1 atom stereocenters. The predicted octanol–water partition coefficient (Wildman–Crippen LogP) is -3.77. The highest BCUT2D eigenvalue weighted by atomic mass is 35.5. The van der Waals surface area contributed by atoms with Crippen molar-refractivity contribution in [3.05, 3.63) is 0 Å². The van der Waals surface area contributed by atoms with E-state index >= 15 is 0 Å². The van der Waals surface area contributed by atoms with Gasteiger partial charge in [-0.3, -0.25) is 4.90 Å². The fraction of sp³-hybridized carbons (Fsp3) is 1.00. The Morgan fingerprint density at radius 3 is 2.04 bits per heavy atom. The van der Waals surface area contributed by atoms with Crippen molar-refractivity contribution >= 4 is 0 Å². The Kier molecular flexibility index (Phi) is 8.52. The van der Waals surface area contributed by atoms with Crippen LogP contribution in [0.1, 0.15) is 44.9 Å². The number of hydrogen-bond donors (Lipinski definition) is 1. The summed E-state index contributed by atoms with van der Waals surface area (Å²) in [5.74, 6) is 3.08. The van der Waals surface area contributed by atoms with Crippen molar-refractivity contribution in [2.75, 3.05) is 53.0 Å². The van der Waals surface area contributed by atoms with Crippen LogP contribution in [-0.2, 0) is 4.74 Å². The first-order valence-electron chi connectivity index (χ1n) is 10.3. The molecule has 0 spiro atoms. The van der Waals surface area contributed by atoms with Crippen molar-refractivity contribution in [3.63, 3.8) is 0 Å². The number of hydrogen-bond acceptors (Lipinski definition) is 4. The molecule has 1 heterocycles. The molecule has 0 aromatic rings. The van der Waals surface area contributed by atoms with E-state index in [9.17, 15) is 5.11 Å². The Bertz CT molecular complexity index is 395. The van der Waals surface area contributed by atoms with E-state index in [2.05, 4.69) is 16.8 Å². The zero-order chi connectivity index (χ0) is 16.6. The molecule has 0 radical (unpaired) electrons. The van der Waals surface area contributed by atoms with Gasteiger partial charge in [0.1, 0.15) is 0 Å². The second kappa shape index (κ2) is 9.76. The van der Waals surface area contributed by atoms with Crippen LogP contribution < -0.4 is 24.8 Å². The summed E-state index contributed by atoms with van der Waals surface area (Å²) in [7, 11) is 2.17. The predicted molar refractivity (Wildman–Crippen MR) is 96.0 cm³/mol. The standard InChI is InChI=1S/C20H36N2O2.2ClH/c1-21-3-5-22(6-4-21)14-19(23)15-24-7-2-20-11-16-8-17(12-20)10-18(9-16)13-20;;/h16-19,23H,2-15H2,1H3;2*1H/p-2. The maximum absolute atomic E-state index is 10.2. The molecule has 0 amide bonds. The van der Waals surface area contributed by atoms with Gasteiger partial charge in [-0.2, -0.15) is 0 Å². The molecular formula is C20H36Cl2N2O2-2. The second-order valence-corrected chi connectivity index (χ2v) is 9.50. The third kappa shape index (κ3) is 5.48. The quantitative estimate of drug-likeness (QED) is 0.440. The molecule has 4 bridgehead atoms. The minimum absolute atomic E-state index is 0. The smallest absolute Gasteiger partial charge is 0.0900 e. The lowest BCUT2D eigenvalue weighted by molar-refractivity contribution is -0.0743. The van der Waals surface area contributed by atoms with E-state index in [1.165, 1.54) is 44.9 Å². The summed E-state index contributed by atoms with van der Waals surface area (Å²) in [6.45, 7) is 6.50. The summed E-state index contributed by atoms with van der Waals surface area (Å²) < 4.78 is 5.91. The van der Waals surface area contributed by atoms with Crippen LogP contribution in [0.2, 0.25) is 0 Å². The largest absolute Gasteiger partial charge is 1.00 e. The van der Waals surface area contributed by atoms with Crippen molar-refractivity contribution in [2.24, 2.45) is 23.2 Å². The lowest BCUT2D eigenvalue weighted by Gasteiger charge is -2.57. The third-order valence-electron chi connectivity index (χ3n) is 7.32. The van der Waals surface area contributed by atoms with Gasteiger partial charge in [-0.25, -0.2) is 0 Å². The summed E-state index contributed by atoms with van der Waals surface area (Å²) >= 11 is 0. The fourth-order valence-corrected chi connectivity index (χ4v) is 6.49. The van der Waals surface area contributed by atoms with Gasteiger partial charge in [0, 0.05) is 39.3 Å². The van der Waals surface area contributed by atoms with Gasteiger partial charge in [0.25, 0.3) is 0 Å². The topological polar surface area (TPSA) is 35.9 Å². The highest BCUT2D eigenvalue weighted by Gasteiger charge is 2.50. The van der Waals surface area contributed by atoms with E-state index in [4.69, 9.17) is 4.74 Å². The molecule has 4 aliphatic carbocycles. The minimum atomic E-state index is -0.329. The first-order valence-corrected chi connectivity index (χ1v) is 10.3. The maximum atomic E-state index is 10.2. The van der Waals surface area contributed by atoms with Gasteiger partial charge in [-0.05, 0) is 75.2 Å². The molecule has 1 saturated heterocycles. The maximum Gasteiger partial charge on any atom is 0.0900 e. The van der Waals surface area contributed by atoms with Crippen LogP contribution >= 0.6 is 0 Å². The Labute approximate surface area is 171 Å². The van der Waals surface area contributed by atoms with Crippen molar-refractivity contribution in [2.45, 2.75) is 51.0 Å². The van der Waals surface area contributed by atoms with Gasteiger partial charge >= 0.3 is 0 Å². The number of aliphatic hydroxyl groups is 1. The summed E-state index contributed by atoms with van der Waals surface area (Å²) in [6, 6.07) is 0. The molecule has 0 aromatic heterocycles. The van der Waals surface area contributed by atoms with E-state index in [-0.39, 0.29) is 30.9 Å². The molecule has 4 saturated carbocycles. The zero-order valence-corrected chi connectivity index (χ0v) is 17.7. The zero-order valence-electron chi connectivity index (χ0n) is 16.2. The Morgan fingerprint density at radius 1 is 0.962 bits per heavy atom. The molecule has 26 heavy (non-hydrogen) atoms. The van der Waals surface area contributed by atoms with Gasteiger partial charge in [-0.15, -0.1) is 0 Å². The molecule has 5 fully saturated rings. The van der Waals surface area contributed by atoms with Crippen LogP contribution in [0, 0.1) is 23.2 Å². The minimum Gasteiger partial charge on any atom is -1.00 e. The Morgan fingerprint density at radius 2 is 1.50 bits per heavy atom. The molecule has 4 nitrogen and oxygen atoms in total. The molecule has 1 unspecified atom stereocenters. The van der Waals surface area contributed by atoms with Crippen molar-refractivity contribution < 1.29 is 34.7 Å². The van der Waals surface area contributed by atoms with Crippen LogP contribution in [-0.4, -0.2) is 74.0 Å². The highest BCUT2D eigenvalue weighted by molar-refractivity contribution is 5.01. The van der Waals surface area contributed by atoms with Gasteiger partial charge in [0.15, 0.2) is 0 Å². The normalized spacial score (nSPS) is 37.8. The lowest BCUT2D eigenvalue weighted by atomic mass is 9.49. The van der Waals surface area contributed by atoms with Crippen LogP contribution in [0.5, 0.6) is 0 Å². The van der Waals surface area contributed by atoms with E-state index in [1.807, 2.05) is 0 Å². The van der Waals surface area contributed by atoms with Gasteiger partial charge in [-0.1, -0.05) is 0 Å². The average molecular weight is 407 g/mol. The first-order chi connectivity index (χ1) is 11.6. The highest BCUT2D eigenvalue weighted by Crippen LogP contribution is 2.61. The van der Waals surface area contributed by atoms with E-state index < -0.39 is 0 Å². The molecule has 5 aliphatic rings. The lowest BCUT2D eigenvalue weighted by Crippen LogP contribution is -3.00. The van der Waals surface area contributed by atoms with Crippen molar-refractivity contribution in [3.8, 4) is 0 Å². The first kappa shape index (κ1) is 22.7. The fourth-order valence-electron chi connectivity index (χ4n) is 6.49. The Hall–Kier alpha value is 0.420. The van der Waals surface area contributed by atoms with E-state index in [0.717, 1.165) is 57.1 Å². The summed E-state index contributed by atoms with van der Waals surface area (Å²) in [6.07, 6.45) is 9.85. The summed E-state index contributed by atoms with van der Waals surface area (Å²) in [5.41, 5.74) is 0.608. The number of ether oxygens (including phenoxy) is 1. The summed E-state index contributed by atoms with van der Waals surface area (Å²) in [4.78, 5) is 4.72. The Balaban J connectivity index is 0.00000121. The van der Waals surface area contributed by atoms with Crippen molar-refractivity contribution in [1.29, 1.82) is 0 Å². The molecule has 1 N–H and O–H groups in total. The molecule has 5 rings (SSSR count). The van der Waals surface area contributed by atoms with Gasteiger partial charge in [0.05, 0.1) is 12.7 Å². The van der Waals surface area contributed by atoms with Gasteiger partial charge < -0.3 is 39.6 Å². The molecule has 6 heteroatoms. The number of aliphatic hydroxyl groups excluding tert-OH is 1. The molecule has 0 aromatic carbocycles. The number of nitrogens with zero attached hydrogens (tertiary/aromatic N) is 2. The summed E-state index contributed by atoms with van der Waals surface area (Å²) in [5, 5.41) is 10.2. The van der Waals surface area contributed by atoms with E-state index in [0.29, 0.717) is 12.0 Å². The van der Waals surface area contributed by atoms with Crippen molar-refractivity contribution in [1.82, 2.24) is 9.80 Å². The number of rotatable bonds is 7. The molecular weight excluding hydrogens is 371 g/mol.